The van der Waals surface area contributed by atoms with Crippen LogP contribution in [0.25, 0.3) is 10.9 Å². The molecule has 0 bridgehead atoms. The van der Waals surface area contributed by atoms with Gasteiger partial charge in [-0.15, -0.1) is 0 Å². The molecule has 28 heavy (non-hydrogen) atoms. The lowest BCUT2D eigenvalue weighted by atomic mass is 9.81. The summed E-state index contributed by atoms with van der Waals surface area (Å²) in [6.45, 7) is 14.1. The van der Waals surface area contributed by atoms with E-state index in [1.807, 2.05) is 6.92 Å². The van der Waals surface area contributed by atoms with Crippen molar-refractivity contribution in [2.45, 2.75) is 60.4 Å². The number of fused-ring (bicyclic) bond motifs is 1. The van der Waals surface area contributed by atoms with Crippen molar-refractivity contribution in [1.29, 1.82) is 0 Å². The van der Waals surface area contributed by atoms with E-state index in [0.29, 0.717) is 29.0 Å². The molecule has 1 aromatic heterocycles. The summed E-state index contributed by atoms with van der Waals surface area (Å²) in [5, 5.41) is 11.3. The fourth-order valence-electron chi connectivity index (χ4n) is 3.65. The molecule has 2 aromatic rings. The van der Waals surface area contributed by atoms with Crippen LogP contribution in [0.4, 0.5) is 0 Å². The van der Waals surface area contributed by atoms with Gasteiger partial charge in [0.1, 0.15) is 5.75 Å². The number of aromatic nitrogens is 1. The van der Waals surface area contributed by atoms with Gasteiger partial charge in [0.2, 0.25) is 0 Å². The van der Waals surface area contributed by atoms with Gasteiger partial charge in [0.05, 0.1) is 24.2 Å². The van der Waals surface area contributed by atoms with E-state index in [1.165, 1.54) is 0 Å². The van der Waals surface area contributed by atoms with E-state index < -0.39 is 17.4 Å². The summed E-state index contributed by atoms with van der Waals surface area (Å²) < 4.78 is 12.6. The maximum Gasteiger partial charge on any atom is 0.340 e. The molecule has 0 aliphatic carbocycles. The molecule has 0 aliphatic rings. The molecule has 0 amide bonds. The summed E-state index contributed by atoms with van der Waals surface area (Å²) in [5.74, 6) is -0.613. The summed E-state index contributed by atoms with van der Waals surface area (Å²) in [5.41, 5.74) is 1.18. The zero-order valence-corrected chi connectivity index (χ0v) is 17.9. The molecule has 1 aromatic carbocycles. The summed E-state index contributed by atoms with van der Waals surface area (Å²) in [6, 6.07) is 3.36. The molecule has 0 spiro atoms. The fraction of sp³-hybridized carbons (Fsp3) is 0.545. The lowest BCUT2D eigenvalue weighted by molar-refractivity contribution is -0.148. The molecule has 0 radical (unpaired) electrons. The number of rotatable bonds is 7. The minimum atomic E-state index is -1.14. The second-order valence-electron chi connectivity index (χ2n) is 7.88. The molecule has 0 aliphatic heterocycles. The zero-order chi connectivity index (χ0) is 21.2. The van der Waals surface area contributed by atoms with Crippen LogP contribution in [0.2, 0.25) is 0 Å². The van der Waals surface area contributed by atoms with Gasteiger partial charge < -0.3 is 19.1 Å². The minimum Gasteiger partial charge on any atom is -0.508 e. The fourth-order valence-corrected chi connectivity index (χ4v) is 3.65. The number of benzene rings is 1. The first kappa shape index (κ1) is 21.8. The Morgan fingerprint density at radius 3 is 2.29 bits per heavy atom. The Labute approximate surface area is 166 Å². The van der Waals surface area contributed by atoms with Crippen LogP contribution >= 0.6 is 0 Å². The number of carbonyl (C=O) groups excluding carboxylic acids is 2. The molecule has 1 N–H and O–H groups in total. The third-order valence-corrected chi connectivity index (χ3v) is 4.91. The molecule has 1 heterocycles. The van der Waals surface area contributed by atoms with Gasteiger partial charge in [-0.25, -0.2) is 4.79 Å². The highest BCUT2D eigenvalue weighted by Crippen LogP contribution is 2.42. The SMILES string of the molecule is CCOC(=O)c1c(C)n(CC(C)C)c2ccc(O)c(C(C)(C)C(=O)OCC)c12. The number of carbonyl (C=O) groups is 2. The lowest BCUT2D eigenvalue weighted by Gasteiger charge is -2.25. The number of nitrogens with zero attached hydrogens (tertiary/aromatic N) is 1. The Kier molecular flexibility index (Phi) is 6.42. The van der Waals surface area contributed by atoms with Crippen LogP contribution in [0, 0.1) is 12.8 Å². The van der Waals surface area contributed by atoms with Crippen molar-refractivity contribution in [1.82, 2.24) is 4.57 Å². The Morgan fingerprint density at radius 2 is 1.75 bits per heavy atom. The third-order valence-electron chi connectivity index (χ3n) is 4.91. The largest absolute Gasteiger partial charge is 0.508 e. The lowest BCUT2D eigenvalue weighted by Crippen LogP contribution is -2.31. The van der Waals surface area contributed by atoms with E-state index in [9.17, 15) is 14.7 Å². The molecule has 6 heteroatoms. The summed E-state index contributed by atoms with van der Waals surface area (Å²) in [7, 11) is 0. The third kappa shape index (κ3) is 3.73. The molecular weight excluding hydrogens is 358 g/mol. The zero-order valence-electron chi connectivity index (χ0n) is 17.9. The van der Waals surface area contributed by atoms with E-state index in [4.69, 9.17) is 9.47 Å². The molecule has 0 atom stereocenters. The Bertz CT molecular complexity index is 892. The van der Waals surface area contributed by atoms with Crippen molar-refractivity contribution >= 4 is 22.8 Å². The molecule has 2 rings (SSSR count). The molecule has 0 unspecified atom stereocenters. The number of phenols is 1. The first-order chi connectivity index (χ1) is 13.1. The molecule has 6 nitrogen and oxygen atoms in total. The number of ether oxygens (including phenoxy) is 2. The van der Waals surface area contributed by atoms with E-state index in [2.05, 4.69) is 18.4 Å². The number of aromatic hydroxyl groups is 1. The second kappa shape index (κ2) is 8.25. The molecular formula is C22H31NO5. The Morgan fingerprint density at radius 1 is 1.14 bits per heavy atom. The van der Waals surface area contributed by atoms with Crippen LogP contribution in [0.5, 0.6) is 5.75 Å². The number of esters is 2. The van der Waals surface area contributed by atoms with Crippen LogP contribution in [-0.2, 0) is 26.2 Å². The average molecular weight is 389 g/mol. The maximum atomic E-state index is 12.8. The smallest absolute Gasteiger partial charge is 0.340 e. The highest BCUT2D eigenvalue weighted by molar-refractivity contribution is 6.09. The van der Waals surface area contributed by atoms with Crippen LogP contribution in [0.1, 0.15) is 63.2 Å². The van der Waals surface area contributed by atoms with Crippen LogP contribution in [0.3, 0.4) is 0 Å². The molecule has 0 fully saturated rings. The van der Waals surface area contributed by atoms with Crippen molar-refractivity contribution in [2.24, 2.45) is 5.92 Å². The van der Waals surface area contributed by atoms with Crippen molar-refractivity contribution < 1.29 is 24.2 Å². The van der Waals surface area contributed by atoms with Crippen LogP contribution < -0.4 is 0 Å². The highest BCUT2D eigenvalue weighted by Gasteiger charge is 2.38. The van der Waals surface area contributed by atoms with Crippen molar-refractivity contribution in [2.75, 3.05) is 13.2 Å². The van der Waals surface area contributed by atoms with E-state index in [0.717, 1.165) is 11.2 Å². The van der Waals surface area contributed by atoms with Gasteiger partial charge in [-0.05, 0) is 52.7 Å². The highest BCUT2D eigenvalue weighted by atomic mass is 16.5. The summed E-state index contributed by atoms with van der Waals surface area (Å²) in [6.07, 6.45) is 0. The maximum absolute atomic E-state index is 12.8. The number of hydrogen-bond donors (Lipinski definition) is 1. The molecule has 154 valence electrons. The molecule has 0 saturated carbocycles. The Balaban J connectivity index is 2.93. The normalized spacial score (nSPS) is 11.9. The topological polar surface area (TPSA) is 77.8 Å². The van der Waals surface area contributed by atoms with Gasteiger partial charge in [-0.1, -0.05) is 13.8 Å². The Hall–Kier alpha value is -2.50. The van der Waals surface area contributed by atoms with Gasteiger partial charge >= 0.3 is 11.9 Å². The van der Waals surface area contributed by atoms with E-state index in [-0.39, 0.29) is 19.0 Å². The van der Waals surface area contributed by atoms with Crippen LogP contribution in [0.15, 0.2) is 12.1 Å². The minimum absolute atomic E-state index is 0.0437. The van der Waals surface area contributed by atoms with Gasteiger partial charge in [-0.3, -0.25) is 4.79 Å². The quantitative estimate of drug-likeness (QED) is 0.713. The predicted octanol–water partition coefficient (Wildman–Crippen LogP) is 4.33. The van der Waals surface area contributed by atoms with Gasteiger partial charge in [0.25, 0.3) is 0 Å². The summed E-state index contributed by atoms with van der Waals surface area (Å²) in [4.78, 5) is 25.5. The first-order valence-corrected chi connectivity index (χ1v) is 9.77. The summed E-state index contributed by atoms with van der Waals surface area (Å²) >= 11 is 0. The number of hydrogen-bond acceptors (Lipinski definition) is 5. The first-order valence-electron chi connectivity index (χ1n) is 9.77. The van der Waals surface area contributed by atoms with Crippen molar-refractivity contribution in [3.63, 3.8) is 0 Å². The standard InChI is InChI=1S/C22H31NO5/c1-8-27-20(25)17-14(5)23(12-13(3)4)15-10-11-16(24)19(18(15)17)22(6,7)21(26)28-9-2/h10-11,13,24H,8-9,12H2,1-7H3. The van der Waals surface area contributed by atoms with E-state index >= 15 is 0 Å². The second-order valence-corrected chi connectivity index (χ2v) is 7.88. The van der Waals surface area contributed by atoms with Crippen molar-refractivity contribution in [3.05, 3.63) is 29.0 Å². The predicted molar refractivity (Wildman–Crippen MR) is 109 cm³/mol. The number of phenolic OH excluding ortho intramolecular Hbond substituents is 1. The monoisotopic (exact) mass is 389 g/mol. The average Bonchev–Trinajstić information content (AvgIpc) is 2.86. The molecule has 0 saturated heterocycles. The van der Waals surface area contributed by atoms with Gasteiger partial charge in [0, 0.05) is 28.7 Å². The van der Waals surface area contributed by atoms with Crippen LogP contribution in [-0.4, -0.2) is 34.8 Å². The van der Waals surface area contributed by atoms with Gasteiger partial charge in [0.15, 0.2) is 0 Å². The van der Waals surface area contributed by atoms with E-state index in [1.54, 1.807) is 39.8 Å². The van der Waals surface area contributed by atoms with Crippen molar-refractivity contribution in [3.8, 4) is 5.75 Å². The van der Waals surface area contributed by atoms with Gasteiger partial charge in [-0.2, -0.15) is 0 Å².